The van der Waals surface area contributed by atoms with Gasteiger partial charge in [0.2, 0.25) is 0 Å². The highest BCUT2D eigenvalue weighted by Crippen LogP contribution is 2.19. The van der Waals surface area contributed by atoms with Crippen molar-refractivity contribution in [2.24, 2.45) is 0 Å². The molecule has 1 aromatic carbocycles. The number of hydrogen-bond donors (Lipinski definition) is 0. The minimum atomic E-state index is 1.04. The van der Waals surface area contributed by atoms with Gasteiger partial charge >= 0.3 is 0 Å². The molecule has 0 N–H and O–H groups in total. The molecule has 0 atom stereocenters. The SMILES string of the molecule is C=C/C=C\C(=C)c1ccccc1CC.CC.CCC. The lowest BCUT2D eigenvalue weighted by Crippen LogP contribution is -1.88. The van der Waals surface area contributed by atoms with Crippen molar-refractivity contribution in [1.82, 2.24) is 0 Å². The van der Waals surface area contributed by atoms with Gasteiger partial charge in [-0.25, -0.2) is 0 Å². The summed E-state index contributed by atoms with van der Waals surface area (Å²) >= 11 is 0. The molecule has 1 aromatic rings. The molecule has 19 heavy (non-hydrogen) atoms. The molecule has 0 radical (unpaired) electrons. The van der Waals surface area contributed by atoms with Crippen LogP contribution in [0.15, 0.2) is 55.7 Å². The van der Waals surface area contributed by atoms with Gasteiger partial charge in [-0.05, 0) is 23.1 Å². The molecule has 0 fully saturated rings. The summed E-state index contributed by atoms with van der Waals surface area (Å²) in [5.74, 6) is 0. The van der Waals surface area contributed by atoms with E-state index >= 15 is 0 Å². The van der Waals surface area contributed by atoms with Gasteiger partial charge in [0.15, 0.2) is 0 Å². The molecule has 0 heteroatoms. The van der Waals surface area contributed by atoms with Crippen LogP contribution in [0.2, 0.25) is 0 Å². The second-order valence-electron chi connectivity index (χ2n) is 3.84. The van der Waals surface area contributed by atoms with Gasteiger partial charge in [0, 0.05) is 0 Å². The maximum Gasteiger partial charge on any atom is -0.0158 e. The third-order valence-electron chi connectivity index (χ3n) is 2.18. The van der Waals surface area contributed by atoms with Gasteiger partial charge in [-0.1, -0.05) is 96.7 Å². The Labute approximate surface area is 120 Å². The molecular weight excluding hydrogens is 228 g/mol. The molecule has 0 bridgehead atoms. The number of allylic oxidation sites excluding steroid dienone is 4. The fraction of sp³-hybridized carbons (Fsp3) is 0.368. The van der Waals surface area contributed by atoms with E-state index in [0.717, 1.165) is 12.0 Å². The first-order valence-corrected chi connectivity index (χ1v) is 7.27. The first-order chi connectivity index (χ1) is 9.21. The first kappa shape index (κ1) is 19.8. The van der Waals surface area contributed by atoms with Crippen LogP contribution in [0, 0.1) is 0 Å². The second kappa shape index (κ2) is 14.5. The number of rotatable bonds is 4. The normalized spacial score (nSPS) is 8.89. The Hall–Kier alpha value is -1.56. The molecule has 1 rings (SSSR count). The molecule has 0 saturated heterocycles. The van der Waals surface area contributed by atoms with Crippen LogP contribution in [0.3, 0.4) is 0 Å². The number of benzene rings is 1. The van der Waals surface area contributed by atoms with Crippen LogP contribution < -0.4 is 0 Å². The van der Waals surface area contributed by atoms with E-state index in [1.54, 1.807) is 6.08 Å². The fourth-order valence-electron chi connectivity index (χ4n) is 1.42. The van der Waals surface area contributed by atoms with Crippen LogP contribution in [0.1, 0.15) is 52.2 Å². The Morgan fingerprint density at radius 2 is 1.63 bits per heavy atom. The predicted octanol–water partition coefficient (Wildman–Crippen LogP) is 6.45. The second-order valence-corrected chi connectivity index (χ2v) is 3.84. The molecule has 0 heterocycles. The lowest BCUT2D eigenvalue weighted by Gasteiger charge is -2.06. The molecule has 0 saturated carbocycles. The highest BCUT2D eigenvalue weighted by Gasteiger charge is 1.99. The first-order valence-electron chi connectivity index (χ1n) is 7.27. The Kier molecular flexibility index (Phi) is 15.1. The van der Waals surface area contributed by atoms with Gasteiger partial charge in [-0.2, -0.15) is 0 Å². The van der Waals surface area contributed by atoms with Crippen molar-refractivity contribution in [1.29, 1.82) is 0 Å². The fourth-order valence-corrected chi connectivity index (χ4v) is 1.42. The number of hydrogen-bond acceptors (Lipinski definition) is 0. The molecule has 0 aliphatic carbocycles. The zero-order valence-corrected chi connectivity index (χ0v) is 13.4. The summed E-state index contributed by atoms with van der Waals surface area (Å²) in [6.07, 6.45) is 7.95. The Morgan fingerprint density at radius 1 is 1.11 bits per heavy atom. The van der Waals surface area contributed by atoms with E-state index in [-0.39, 0.29) is 0 Å². The molecule has 0 unspecified atom stereocenters. The lowest BCUT2D eigenvalue weighted by atomic mass is 9.99. The minimum absolute atomic E-state index is 1.04. The van der Waals surface area contributed by atoms with Crippen molar-refractivity contribution in [2.45, 2.75) is 47.5 Å². The molecule has 0 aliphatic heterocycles. The van der Waals surface area contributed by atoms with Crippen molar-refractivity contribution < 1.29 is 0 Å². The van der Waals surface area contributed by atoms with Crippen molar-refractivity contribution in [3.63, 3.8) is 0 Å². The lowest BCUT2D eigenvalue weighted by molar-refractivity contribution is 1.09. The summed E-state index contributed by atoms with van der Waals surface area (Å²) in [6, 6.07) is 8.35. The van der Waals surface area contributed by atoms with Gasteiger partial charge in [0.05, 0.1) is 0 Å². The van der Waals surface area contributed by atoms with Crippen LogP contribution in [0.4, 0.5) is 0 Å². The van der Waals surface area contributed by atoms with Crippen molar-refractivity contribution in [3.8, 4) is 0 Å². The van der Waals surface area contributed by atoms with E-state index in [2.05, 4.69) is 52.1 Å². The van der Waals surface area contributed by atoms with E-state index in [4.69, 9.17) is 0 Å². The summed E-state index contributed by atoms with van der Waals surface area (Å²) in [5.41, 5.74) is 3.61. The molecule has 0 nitrogen and oxygen atoms in total. The quantitative estimate of drug-likeness (QED) is 0.545. The summed E-state index contributed by atoms with van der Waals surface area (Å²) in [4.78, 5) is 0. The maximum absolute atomic E-state index is 4.04. The Balaban J connectivity index is 0. The monoisotopic (exact) mass is 258 g/mol. The number of aryl methyl sites for hydroxylation is 1. The highest BCUT2D eigenvalue weighted by molar-refractivity contribution is 5.74. The van der Waals surface area contributed by atoms with E-state index in [1.807, 2.05) is 32.1 Å². The smallest absolute Gasteiger partial charge is 0.0158 e. The van der Waals surface area contributed by atoms with Crippen LogP contribution in [0.25, 0.3) is 5.57 Å². The van der Waals surface area contributed by atoms with Crippen LogP contribution in [0.5, 0.6) is 0 Å². The zero-order valence-electron chi connectivity index (χ0n) is 13.4. The molecule has 0 amide bonds. The summed E-state index contributed by atoms with van der Waals surface area (Å²) in [6.45, 7) is 18.1. The van der Waals surface area contributed by atoms with E-state index < -0.39 is 0 Å². The van der Waals surface area contributed by atoms with Crippen molar-refractivity contribution in [2.75, 3.05) is 0 Å². The van der Waals surface area contributed by atoms with Crippen LogP contribution in [-0.2, 0) is 6.42 Å². The third kappa shape index (κ3) is 9.07. The molecule has 0 spiro atoms. The molecule has 106 valence electrons. The summed E-state index contributed by atoms with van der Waals surface area (Å²) in [7, 11) is 0. The van der Waals surface area contributed by atoms with Gasteiger partial charge in [-0.3, -0.25) is 0 Å². The van der Waals surface area contributed by atoms with Crippen LogP contribution in [-0.4, -0.2) is 0 Å². The molecule has 0 aromatic heterocycles. The topological polar surface area (TPSA) is 0 Å². The average Bonchev–Trinajstić information content (AvgIpc) is 2.47. The van der Waals surface area contributed by atoms with Gasteiger partial charge in [0.25, 0.3) is 0 Å². The van der Waals surface area contributed by atoms with Gasteiger partial charge in [0.1, 0.15) is 0 Å². The minimum Gasteiger partial charge on any atom is -0.0991 e. The average molecular weight is 258 g/mol. The third-order valence-corrected chi connectivity index (χ3v) is 2.18. The van der Waals surface area contributed by atoms with Crippen LogP contribution >= 0.6 is 0 Å². The summed E-state index contributed by atoms with van der Waals surface area (Å²) in [5, 5.41) is 0. The van der Waals surface area contributed by atoms with E-state index in [0.29, 0.717) is 0 Å². The standard InChI is InChI=1S/C14H16.C3H8.C2H6/c1-4-6-9-12(3)14-11-8-7-10-13(14)5-2;1-3-2;1-2/h4,6-11H,1,3,5H2,2H3;3H2,1-2H3;1-2H3/b9-6-;;. The molecule has 0 aliphatic rings. The van der Waals surface area contributed by atoms with E-state index in [1.165, 1.54) is 17.5 Å². The highest BCUT2D eigenvalue weighted by atomic mass is 14.0. The molecular formula is C19H30. The summed E-state index contributed by atoms with van der Waals surface area (Å²) < 4.78 is 0. The van der Waals surface area contributed by atoms with Gasteiger partial charge in [-0.15, -0.1) is 0 Å². The zero-order chi connectivity index (χ0) is 15.1. The van der Waals surface area contributed by atoms with E-state index in [9.17, 15) is 0 Å². The maximum atomic E-state index is 4.04. The van der Waals surface area contributed by atoms with Crippen molar-refractivity contribution in [3.05, 3.63) is 66.8 Å². The van der Waals surface area contributed by atoms with Gasteiger partial charge < -0.3 is 0 Å². The Bertz CT molecular complexity index is 369. The Morgan fingerprint density at radius 3 is 2.11 bits per heavy atom. The largest absolute Gasteiger partial charge is 0.0991 e. The predicted molar refractivity (Wildman–Crippen MR) is 91.5 cm³/mol. The van der Waals surface area contributed by atoms with Crippen molar-refractivity contribution >= 4 is 5.57 Å².